The van der Waals surface area contributed by atoms with Gasteiger partial charge in [-0.05, 0) is 35.9 Å². The van der Waals surface area contributed by atoms with Gasteiger partial charge in [-0.15, -0.1) is 0 Å². The monoisotopic (exact) mass is 353 g/mol. The molecule has 5 heteroatoms. The molecule has 0 aliphatic rings. The highest BCUT2D eigenvalue weighted by Crippen LogP contribution is 2.29. The second-order valence-corrected chi connectivity index (χ2v) is 5.81. The van der Waals surface area contributed by atoms with Gasteiger partial charge < -0.3 is 19.2 Å². The highest BCUT2D eigenvalue weighted by atomic mass is 32.1. The Labute approximate surface area is 152 Å². The van der Waals surface area contributed by atoms with Crippen LogP contribution in [0.3, 0.4) is 0 Å². The third kappa shape index (κ3) is 4.61. The molecule has 3 aromatic rings. The molecule has 0 aliphatic heterocycles. The van der Waals surface area contributed by atoms with Crippen LogP contribution >= 0.6 is 12.2 Å². The zero-order valence-corrected chi connectivity index (χ0v) is 14.7. The van der Waals surface area contributed by atoms with Gasteiger partial charge in [-0.2, -0.15) is 0 Å². The molecular formula is C20H19NO3S. The van der Waals surface area contributed by atoms with E-state index in [0.29, 0.717) is 29.6 Å². The van der Waals surface area contributed by atoms with Crippen LogP contribution in [-0.2, 0) is 13.2 Å². The van der Waals surface area contributed by atoms with Gasteiger partial charge in [0.25, 0.3) is 0 Å². The molecule has 0 unspecified atom stereocenters. The van der Waals surface area contributed by atoms with E-state index in [0.717, 1.165) is 16.9 Å². The summed E-state index contributed by atoms with van der Waals surface area (Å²) in [5, 5.41) is 3.17. The van der Waals surface area contributed by atoms with E-state index in [1.54, 1.807) is 13.4 Å². The molecule has 0 aliphatic carbocycles. The number of rotatable bonds is 7. The Morgan fingerprint density at radius 2 is 1.88 bits per heavy atom. The molecule has 0 radical (unpaired) electrons. The van der Waals surface area contributed by atoms with Crippen molar-refractivity contribution in [3.8, 4) is 11.5 Å². The minimum absolute atomic E-state index is 0.484. The van der Waals surface area contributed by atoms with Crippen LogP contribution < -0.4 is 14.8 Å². The maximum absolute atomic E-state index is 5.86. The summed E-state index contributed by atoms with van der Waals surface area (Å²) < 4.78 is 16.6. The number of methoxy groups -OCH3 is 1. The Bertz CT molecular complexity index is 816. The van der Waals surface area contributed by atoms with Crippen LogP contribution in [0.1, 0.15) is 16.9 Å². The van der Waals surface area contributed by atoms with Gasteiger partial charge in [0.1, 0.15) is 17.4 Å². The lowest BCUT2D eigenvalue weighted by atomic mass is 10.2. The molecule has 128 valence electrons. The third-order valence-corrected chi connectivity index (χ3v) is 4.05. The van der Waals surface area contributed by atoms with Gasteiger partial charge >= 0.3 is 0 Å². The fourth-order valence-electron chi connectivity index (χ4n) is 2.35. The van der Waals surface area contributed by atoms with Crippen LogP contribution in [0.15, 0.2) is 71.3 Å². The molecular weight excluding hydrogens is 334 g/mol. The highest BCUT2D eigenvalue weighted by molar-refractivity contribution is 7.80. The normalized spacial score (nSPS) is 10.3. The topological polar surface area (TPSA) is 43.6 Å². The predicted molar refractivity (Wildman–Crippen MR) is 101 cm³/mol. The number of furan rings is 1. The zero-order valence-electron chi connectivity index (χ0n) is 13.9. The minimum atomic E-state index is 0.484. The Hall–Kier alpha value is -2.79. The lowest BCUT2D eigenvalue weighted by Gasteiger charge is -2.13. The molecule has 0 fully saturated rings. The second-order valence-electron chi connectivity index (χ2n) is 5.40. The van der Waals surface area contributed by atoms with Crippen molar-refractivity contribution in [3.63, 3.8) is 0 Å². The van der Waals surface area contributed by atoms with E-state index in [4.69, 9.17) is 26.1 Å². The van der Waals surface area contributed by atoms with Gasteiger partial charge in [-0.25, -0.2) is 0 Å². The van der Waals surface area contributed by atoms with E-state index in [1.165, 1.54) is 0 Å². The molecule has 0 bridgehead atoms. The first-order valence-electron chi connectivity index (χ1n) is 7.91. The number of benzene rings is 2. The summed E-state index contributed by atoms with van der Waals surface area (Å²) in [4.78, 5) is 0.629. The maximum atomic E-state index is 5.86. The number of thiocarbonyl (C=S) groups is 1. The molecule has 2 aromatic carbocycles. The summed E-state index contributed by atoms with van der Waals surface area (Å²) >= 11 is 5.44. The fraction of sp³-hybridized carbons (Fsp3) is 0.150. The zero-order chi connectivity index (χ0) is 17.5. The van der Waals surface area contributed by atoms with Crippen molar-refractivity contribution in [3.05, 3.63) is 83.8 Å². The van der Waals surface area contributed by atoms with Gasteiger partial charge in [-0.3, -0.25) is 0 Å². The lowest BCUT2D eigenvalue weighted by molar-refractivity contribution is 0.284. The predicted octanol–water partition coefficient (Wildman–Crippen LogP) is 4.33. The molecule has 1 heterocycles. The van der Waals surface area contributed by atoms with E-state index in [1.807, 2.05) is 60.7 Å². The Morgan fingerprint density at radius 1 is 1.04 bits per heavy atom. The first-order valence-corrected chi connectivity index (χ1v) is 8.32. The maximum Gasteiger partial charge on any atom is 0.161 e. The standard InChI is InChI=1S/C20H19NO3S/c1-22-19-12-16(20(25)21-13-17-8-5-11-23-17)9-10-18(19)24-14-15-6-3-2-4-7-15/h2-12H,13-14H2,1H3,(H,21,25). The van der Waals surface area contributed by atoms with Crippen LogP contribution in [0.4, 0.5) is 0 Å². The van der Waals surface area contributed by atoms with Crippen LogP contribution in [0.25, 0.3) is 0 Å². The molecule has 25 heavy (non-hydrogen) atoms. The van der Waals surface area contributed by atoms with Crippen molar-refractivity contribution in [2.45, 2.75) is 13.2 Å². The van der Waals surface area contributed by atoms with E-state index < -0.39 is 0 Å². The van der Waals surface area contributed by atoms with Crippen molar-refractivity contribution in [2.75, 3.05) is 7.11 Å². The molecule has 4 nitrogen and oxygen atoms in total. The van der Waals surface area contributed by atoms with Crippen LogP contribution in [0.2, 0.25) is 0 Å². The first kappa shape index (κ1) is 17.0. The van der Waals surface area contributed by atoms with Crippen LogP contribution in [0.5, 0.6) is 11.5 Å². The molecule has 0 saturated heterocycles. The van der Waals surface area contributed by atoms with Crippen LogP contribution in [0, 0.1) is 0 Å². The molecule has 1 aromatic heterocycles. The second kappa shape index (κ2) is 8.35. The Kier molecular flexibility index (Phi) is 5.69. The summed E-state index contributed by atoms with van der Waals surface area (Å²) in [5.41, 5.74) is 1.97. The van der Waals surface area contributed by atoms with Gasteiger partial charge in [0.2, 0.25) is 0 Å². The first-order chi connectivity index (χ1) is 12.3. The number of ether oxygens (including phenoxy) is 2. The van der Waals surface area contributed by atoms with E-state index in [-0.39, 0.29) is 0 Å². The van der Waals surface area contributed by atoms with Crippen molar-refractivity contribution >= 4 is 17.2 Å². The fourth-order valence-corrected chi connectivity index (χ4v) is 2.55. The Morgan fingerprint density at radius 3 is 2.60 bits per heavy atom. The highest BCUT2D eigenvalue weighted by Gasteiger charge is 2.09. The summed E-state index contributed by atoms with van der Waals surface area (Å²) in [6.45, 7) is 1.03. The van der Waals surface area contributed by atoms with Gasteiger partial charge in [0.15, 0.2) is 11.5 Å². The smallest absolute Gasteiger partial charge is 0.161 e. The summed E-state index contributed by atoms with van der Waals surface area (Å²) in [7, 11) is 1.62. The lowest BCUT2D eigenvalue weighted by Crippen LogP contribution is -2.21. The summed E-state index contributed by atoms with van der Waals surface area (Å²) in [5.74, 6) is 2.16. The minimum Gasteiger partial charge on any atom is -0.493 e. The quantitative estimate of drug-likeness (QED) is 0.640. The van der Waals surface area contributed by atoms with Gasteiger partial charge in [0, 0.05) is 5.56 Å². The van der Waals surface area contributed by atoms with Crippen molar-refractivity contribution in [1.29, 1.82) is 0 Å². The SMILES string of the molecule is COc1cc(C(=S)NCc2ccco2)ccc1OCc1ccccc1. The molecule has 3 rings (SSSR count). The summed E-state index contributed by atoms with van der Waals surface area (Å²) in [6.07, 6.45) is 1.64. The molecule has 0 atom stereocenters. The average molecular weight is 353 g/mol. The Balaban J connectivity index is 1.65. The van der Waals surface area contributed by atoms with Crippen molar-refractivity contribution in [2.24, 2.45) is 0 Å². The van der Waals surface area contributed by atoms with Crippen LogP contribution in [-0.4, -0.2) is 12.1 Å². The largest absolute Gasteiger partial charge is 0.493 e. The van der Waals surface area contributed by atoms with Crippen molar-refractivity contribution < 1.29 is 13.9 Å². The molecule has 0 amide bonds. The van der Waals surface area contributed by atoms with E-state index >= 15 is 0 Å². The number of hydrogen-bond donors (Lipinski definition) is 1. The average Bonchev–Trinajstić information content (AvgIpc) is 3.18. The van der Waals surface area contributed by atoms with E-state index in [2.05, 4.69) is 5.32 Å². The third-order valence-electron chi connectivity index (χ3n) is 3.67. The number of nitrogens with one attached hydrogen (secondary N) is 1. The summed E-state index contributed by atoms with van der Waals surface area (Å²) in [6, 6.07) is 19.4. The molecule has 0 saturated carbocycles. The molecule has 1 N–H and O–H groups in total. The van der Waals surface area contributed by atoms with Gasteiger partial charge in [-0.1, -0.05) is 42.5 Å². The van der Waals surface area contributed by atoms with E-state index in [9.17, 15) is 0 Å². The molecule has 0 spiro atoms. The van der Waals surface area contributed by atoms with Gasteiger partial charge in [0.05, 0.1) is 19.9 Å². The number of hydrogen-bond acceptors (Lipinski definition) is 4. The van der Waals surface area contributed by atoms with Crippen molar-refractivity contribution in [1.82, 2.24) is 5.32 Å².